The maximum atomic E-state index is 9.79. The van der Waals surface area contributed by atoms with E-state index in [9.17, 15) is 5.11 Å². The van der Waals surface area contributed by atoms with E-state index in [4.69, 9.17) is 18.0 Å². The molecule has 1 heterocycles. The fourth-order valence-electron chi connectivity index (χ4n) is 2.43. The molecule has 3 nitrogen and oxygen atoms in total. The molecule has 0 spiro atoms. The summed E-state index contributed by atoms with van der Waals surface area (Å²) in [6, 6.07) is 7.81. The van der Waals surface area contributed by atoms with Crippen LogP contribution in [0.1, 0.15) is 12.5 Å². The second-order valence-electron chi connectivity index (χ2n) is 5.35. The first-order chi connectivity index (χ1) is 10.6. The third-order valence-electron chi connectivity index (χ3n) is 3.81. The molecule has 22 heavy (non-hydrogen) atoms. The van der Waals surface area contributed by atoms with Gasteiger partial charge in [0.15, 0.2) is 0 Å². The third kappa shape index (κ3) is 4.30. The van der Waals surface area contributed by atoms with Gasteiger partial charge in [0.2, 0.25) is 0 Å². The van der Waals surface area contributed by atoms with E-state index in [1.54, 1.807) is 6.08 Å². The Hall–Kier alpha value is -1.89. The van der Waals surface area contributed by atoms with Gasteiger partial charge in [-0.15, -0.1) is 6.42 Å². The van der Waals surface area contributed by atoms with Crippen molar-refractivity contribution in [3.05, 3.63) is 59.0 Å². The van der Waals surface area contributed by atoms with Gasteiger partial charge in [0.1, 0.15) is 5.76 Å². The first-order valence-corrected chi connectivity index (χ1v) is 7.72. The van der Waals surface area contributed by atoms with Crippen molar-refractivity contribution in [1.29, 1.82) is 0 Å². The average Bonchev–Trinajstić information content (AvgIpc) is 2.51. The highest BCUT2D eigenvalue weighted by Crippen LogP contribution is 2.18. The first-order valence-electron chi connectivity index (χ1n) is 7.34. The number of nitrogens with zero attached hydrogens (tertiary/aromatic N) is 2. The highest BCUT2D eigenvalue weighted by Gasteiger charge is 2.17. The van der Waals surface area contributed by atoms with Gasteiger partial charge < -0.3 is 10.0 Å². The van der Waals surface area contributed by atoms with Crippen LogP contribution < -0.4 is 0 Å². The van der Waals surface area contributed by atoms with Gasteiger partial charge in [-0.05, 0) is 36.9 Å². The van der Waals surface area contributed by atoms with Gasteiger partial charge in [0.25, 0.3) is 0 Å². The lowest BCUT2D eigenvalue weighted by atomic mass is 10.1. The zero-order chi connectivity index (χ0) is 15.9. The Morgan fingerprint density at radius 3 is 2.91 bits per heavy atom. The van der Waals surface area contributed by atoms with Gasteiger partial charge in [0.05, 0.1) is 12.6 Å². The number of rotatable bonds is 6. The standard InChI is InChI=1S/C18H21ClN2O/c1-3-10-20(14-16-7-4-5-8-17(16)19)12-13-21-11-6-9-18(22)15(21)2/h1,4-9,11,15,22H,10,12-14H2,2H3. The molecule has 0 aliphatic carbocycles. The highest BCUT2D eigenvalue weighted by atomic mass is 35.5. The van der Waals surface area contributed by atoms with E-state index >= 15 is 0 Å². The molecule has 0 radical (unpaired) electrons. The Morgan fingerprint density at radius 1 is 1.41 bits per heavy atom. The minimum absolute atomic E-state index is 0.00185. The van der Waals surface area contributed by atoms with E-state index in [2.05, 4.69) is 15.7 Å². The summed E-state index contributed by atoms with van der Waals surface area (Å²) in [5, 5.41) is 10.6. The fraction of sp³-hybridized carbons (Fsp3) is 0.333. The summed E-state index contributed by atoms with van der Waals surface area (Å²) >= 11 is 6.22. The lowest BCUT2D eigenvalue weighted by molar-refractivity contribution is 0.202. The molecule has 1 aromatic carbocycles. The molecule has 1 aromatic rings. The Morgan fingerprint density at radius 2 is 2.18 bits per heavy atom. The van der Waals surface area contributed by atoms with Gasteiger partial charge in [0, 0.05) is 24.7 Å². The fourth-order valence-corrected chi connectivity index (χ4v) is 2.62. The van der Waals surface area contributed by atoms with Crippen molar-refractivity contribution in [2.75, 3.05) is 19.6 Å². The van der Waals surface area contributed by atoms with Gasteiger partial charge in [-0.1, -0.05) is 35.7 Å². The molecule has 4 heteroatoms. The van der Waals surface area contributed by atoms with Crippen molar-refractivity contribution in [3.8, 4) is 12.3 Å². The van der Waals surface area contributed by atoms with Crippen LogP contribution in [0.15, 0.2) is 48.4 Å². The molecule has 0 fully saturated rings. The molecule has 0 saturated heterocycles. The lowest BCUT2D eigenvalue weighted by Gasteiger charge is -2.31. The average molecular weight is 317 g/mol. The molecule has 0 saturated carbocycles. The van der Waals surface area contributed by atoms with E-state index in [1.807, 2.05) is 43.5 Å². The van der Waals surface area contributed by atoms with E-state index in [0.717, 1.165) is 30.2 Å². The number of terminal acetylenes is 1. The van der Waals surface area contributed by atoms with Crippen LogP contribution in [-0.2, 0) is 6.54 Å². The minimum atomic E-state index is -0.00185. The van der Waals surface area contributed by atoms with Crippen LogP contribution in [0.4, 0.5) is 0 Å². The normalized spacial score (nSPS) is 17.5. The molecule has 0 aromatic heterocycles. The zero-order valence-electron chi connectivity index (χ0n) is 12.7. The molecule has 1 unspecified atom stereocenters. The molecular weight excluding hydrogens is 296 g/mol. The number of hydrogen-bond donors (Lipinski definition) is 1. The third-order valence-corrected chi connectivity index (χ3v) is 4.18. The van der Waals surface area contributed by atoms with Crippen LogP contribution in [0.3, 0.4) is 0 Å². The number of aliphatic hydroxyl groups excluding tert-OH is 1. The number of aliphatic hydroxyl groups is 1. The summed E-state index contributed by atoms with van der Waals surface area (Å²) in [5.41, 5.74) is 1.07. The second kappa shape index (κ2) is 7.93. The second-order valence-corrected chi connectivity index (χ2v) is 5.76. The molecule has 1 aliphatic rings. The number of allylic oxidation sites excluding steroid dienone is 2. The van der Waals surface area contributed by atoms with Crippen LogP contribution in [0.25, 0.3) is 0 Å². The Labute approximate surface area is 137 Å². The molecule has 1 aliphatic heterocycles. The minimum Gasteiger partial charge on any atom is -0.510 e. The number of hydrogen-bond acceptors (Lipinski definition) is 3. The Bertz CT molecular complexity index is 603. The summed E-state index contributed by atoms with van der Waals surface area (Å²) in [6.07, 6.45) is 11.1. The van der Waals surface area contributed by atoms with Crippen molar-refractivity contribution in [3.63, 3.8) is 0 Å². The molecule has 1 atom stereocenters. The number of benzene rings is 1. The van der Waals surface area contributed by atoms with Crippen molar-refractivity contribution in [2.45, 2.75) is 19.5 Å². The summed E-state index contributed by atoms with van der Waals surface area (Å²) in [4.78, 5) is 4.28. The summed E-state index contributed by atoms with van der Waals surface area (Å²) in [5.74, 6) is 3.09. The van der Waals surface area contributed by atoms with Crippen LogP contribution in [0, 0.1) is 12.3 Å². The predicted octanol–water partition coefficient (Wildman–Crippen LogP) is 3.43. The molecule has 2 rings (SSSR count). The molecule has 116 valence electrons. The molecule has 0 bridgehead atoms. The molecular formula is C18H21ClN2O. The Balaban J connectivity index is 1.95. The Kier molecular flexibility index (Phi) is 5.94. The van der Waals surface area contributed by atoms with Crippen molar-refractivity contribution < 1.29 is 5.11 Å². The monoisotopic (exact) mass is 316 g/mol. The summed E-state index contributed by atoms with van der Waals surface area (Å²) < 4.78 is 0. The maximum Gasteiger partial charge on any atom is 0.114 e. The van der Waals surface area contributed by atoms with E-state index in [-0.39, 0.29) is 6.04 Å². The van der Waals surface area contributed by atoms with E-state index in [0.29, 0.717) is 12.3 Å². The van der Waals surface area contributed by atoms with Crippen molar-refractivity contribution in [2.24, 2.45) is 0 Å². The summed E-state index contributed by atoms with van der Waals surface area (Å²) in [7, 11) is 0. The smallest absolute Gasteiger partial charge is 0.114 e. The summed E-state index contributed by atoms with van der Waals surface area (Å²) in [6.45, 7) is 4.87. The van der Waals surface area contributed by atoms with Crippen LogP contribution in [-0.4, -0.2) is 40.6 Å². The lowest BCUT2D eigenvalue weighted by Crippen LogP contribution is -2.38. The predicted molar refractivity (Wildman–Crippen MR) is 91.6 cm³/mol. The van der Waals surface area contributed by atoms with Crippen molar-refractivity contribution >= 4 is 11.6 Å². The van der Waals surface area contributed by atoms with Gasteiger partial charge in [-0.3, -0.25) is 4.90 Å². The van der Waals surface area contributed by atoms with Crippen LogP contribution >= 0.6 is 11.6 Å². The molecule has 1 N–H and O–H groups in total. The SMILES string of the molecule is C#CCN(CCN1C=CC=C(O)C1C)Cc1ccccc1Cl. The maximum absolute atomic E-state index is 9.79. The highest BCUT2D eigenvalue weighted by molar-refractivity contribution is 6.31. The van der Waals surface area contributed by atoms with Crippen molar-refractivity contribution in [1.82, 2.24) is 9.80 Å². The van der Waals surface area contributed by atoms with Crippen LogP contribution in [0.5, 0.6) is 0 Å². The quantitative estimate of drug-likeness (QED) is 0.815. The van der Waals surface area contributed by atoms with Gasteiger partial charge >= 0.3 is 0 Å². The first kappa shape index (κ1) is 16.5. The molecule has 0 amide bonds. The largest absolute Gasteiger partial charge is 0.510 e. The topological polar surface area (TPSA) is 26.7 Å². The van der Waals surface area contributed by atoms with Crippen LogP contribution in [0.2, 0.25) is 5.02 Å². The number of halogens is 1. The van der Waals surface area contributed by atoms with E-state index < -0.39 is 0 Å². The van der Waals surface area contributed by atoms with Gasteiger partial charge in [-0.25, -0.2) is 0 Å². The van der Waals surface area contributed by atoms with E-state index in [1.165, 1.54) is 0 Å². The zero-order valence-corrected chi connectivity index (χ0v) is 13.5. The van der Waals surface area contributed by atoms with Gasteiger partial charge in [-0.2, -0.15) is 0 Å².